The van der Waals surface area contributed by atoms with Crippen LogP contribution < -0.4 is 5.32 Å². The Hall–Kier alpha value is -1.56. The summed E-state index contributed by atoms with van der Waals surface area (Å²) in [5, 5.41) is 8.29. The van der Waals surface area contributed by atoms with Crippen LogP contribution in [0.3, 0.4) is 0 Å². The number of hydrogen-bond donors (Lipinski definition) is 1. The number of fused-ring (bicyclic) bond motifs is 5. The number of likely N-dealkylation sites (tertiary alicyclic amines) is 1. The fourth-order valence-corrected chi connectivity index (χ4v) is 5.23. The highest BCUT2D eigenvalue weighted by Gasteiger charge is 2.53. The highest BCUT2D eigenvalue weighted by atomic mass is 16.5. The standard InChI is InChI=1S/C19H31N5O/c1-5-15-12(16(6-2)23(4)22-15)9-21-19(20-3)24-10-13-14(11-24)18-8-7-17(13)25-18/h13-14,17-18H,5-11H2,1-4H3,(H,20,21). The number of aryl methyl sites for hydroxylation is 2. The Balaban J connectivity index is 1.44. The average Bonchev–Trinajstić information content (AvgIpc) is 3.35. The summed E-state index contributed by atoms with van der Waals surface area (Å²) in [5.41, 5.74) is 3.87. The third-order valence-electron chi connectivity index (χ3n) is 6.42. The van der Waals surface area contributed by atoms with E-state index in [-0.39, 0.29) is 0 Å². The van der Waals surface area contributed by atoms with Gasteiger partial charge in [-0.05, 0) is 25.7 Å². The lowest BCUT2D eigenvalue weighted by Crippen LogP contribution is -2.41. The van der Waals surface area contributed by atoms with Gasteiger partial charge in [0.05, 0.1) is 17.9 Å². The molecule has 1 N–H and O–H groups in total. The highest BCUT2D eigenvalue weighted by Crippen LogP contribution is 2.47. The zero-order valence-corrected chi connectivity index (χ0v) is 16.0. The van der Waals surface area contributed by atoms with Gasteiger partial charge in [0.1, 0.15) is 0 Å². The molecule has 4 unspecified atom stereocenters. The third kappa shape index (κ3) is 2.75. The topological polar surface area (TPSA) is 54.7 Å². The summed E-state index contributed by atoms with van der Waals surface area (Å²) in [6.07, 6.45) is 5.47. The van der Waals surface area contributed by atoms with Crippen molar-refractivity contribution in [3.8, 4) is 0 Å². The van der Waals surface area contributed by atoms with E-state index < -0.39 is 0 Å². The van der Waals surface area contributed by atoms with Gasteiger partial charge in [0.2, 0.25) is 0 Å². The van der Waals surface area contributed by atoms with Gasteiger partial charge >= 0.3 is 0 Å². The van der Waals surface area contributed by atoms with E-state index in [0.29, 0.717) is 24.0 Å². The van der Waals surface area contributed by atoms with Crippen LogP contribution in [0.25, 0.3) is 0 Å². The Labute approximate surface area is 150 Å². The van der Waals surface area contributed by atoms with Crippen LogP contribution in [0.1, 0.15) is 43.6 Å². The lowest BCUT2D eigenvalue weighted by atomic mass is 9.82. The second kappa shape index (κ2) is 6.63. The Morgan fingerprint density at radius 3 is 2.44 bits per heavy atom. The van der Waals surface area contributed by atoms with Gasteiger partial charge < -0.3 is 15.0 Å². The van der Waals surface area contributed by atoms with E-state index in [2.05, 4.69) is 34.2 Å². The van der Waals surface area contributed by atoms with Crippen LogP contribution in [-0.4, -0.2) is 53.0 Å². The minimum Gasteiger partial charge on any atom is -0.374 e. The van der Waals surface area contributed by atoms with Gasteiger partial charge in [-0.25, -0.2) is 0 Å². The fraction of sp³-hybridized carbons (Fsp3) is 0.789. The second-order valence-corrected chi connectivity index (χ2v) is 7.63. The minimum atomic E-state index is 0.495. The Morgan fingerprint density at radius 2 is 1.88 bits per heavy atom. The predicted octanol–water partition coefficient (Wildman–Crippen LogP) is 1.73. The maximum atomic E-state index is 6.10. The van der Waals surface area contributed by atoms with Crippen LogP contribution in [0.15, 0.2) is 4.99 Å². The zero-order chi connectivity index (χ0) is 17.6. The van der Waals surface area contributed by atoms with E-state index in [4.69, 9.17) is 4.74 Å². The molecule has 1 aromatic rings. The smallest absolute Gasteiger partial charge is 0.193 e. The van der Waals surface area contributed by atoms with Crippen molar-refractivity contribution in [2.45, 2.75) is 58.3 Å². The second-order valence-electron chi connectivity index (χ2n) is 7.63. The van der Waals surface area contributed by atoms with E-state index >= 15 is 0 Å². The molecule has 6 nitrogen and oxygen atoms in total. The summed E-state index contributed by atoms with van der Waals surface area (Å²) in [6.45, 7) is 7.35. The quantitative estimate of drug-likeness (QED) is 0.667. The molecule has 0 amide bonds. The van der Waals surface area contributed by atoms with E-state index in [1.165, 1.54) is 29.8 Å². The van der Waals surface area contributed by atoms with Crippen LogP contribution in [-0.2, 0) is 31.2 Å². The first-order chi connectivity index (χ1) is 12.2. The molecule has 3 fully saturated rings. The molecule has 25 heavy (non-hydrogen) atoms. The molecule has 4 heterocycles. The van der Waals surface area contributed by atoms with Gasteiger partial charge in [-0.2, -0.15) is 5.10 Å². The number of aromatic nitrogens is 2. The molecule has 3 saturated heterocycles. The summed E-state index contributed by atoms with van der Waals surface area (Å²) in [4.78, 5) is 7.01. The average molecular weight is 345 g/mol. The number of hydrogen-bond acceptors (Lipinski definition) is 3. The third-order valence-corrected chi connectivity index (χ3v) is 6.42. The van der Waals surface area contributed by atoms with E-state index in [0.717, 1.165) is 38.4 Å². The van der Waals surface area contributed by atoms with Crippen molar-refractivity contribution in [3.63, 3.8) is 0 Å². The summed E-state index contributed by atoms with van der Waals surface area (Å²) >= 11 is 0. The molecule has 3 aliphatic rings. The van der Waals surface area contributed by atoms with Crippen molar-refractivity contribution >= 4 is 5.96 Å². The first-order valence-electron chi connectivity index (χ1n) is 9.80. The molecular weight excluding hydrogens is 314 g/mol. The molecule has 0 saturated carbocycles. The molecule has 3 aliphatic heterocycles. The summed E-state index contributed by atoms with van der Waals surface area (Å²) in [7, 11) is 3.94. The molecule has 4 rings (SSSR count). The molecule has 0 spiro atoms. The molecule has 2 bridgehead atoms. The largest absolute Gasteiger partial charge is 0.374 e. The molecule has 6 heteroatoms. The Kier molecular flexibility index (Phi) is 4.48. The first-order valence-corrected chi connectivity index (χ1v) is 9.80. The SMILES string of the molecule is CCc1nn(C)c(CC)c1CNC(=NC)N1CC2C3CCC(O3)C2C1. The van der Waals surface area contributed by atoms with Crippen LogP contribution in [0.4, 0.5) is 0 Å². The van der Waals surface area contributed by atoms with Crippen LogP contribution in [0.2, 0.25) is 0 Å². The molecule has 0 aliphatic carbocycles. The van der Waals surface area contributed by atoms with E-state index in [9.17, 15) is 0 Å². The number of nitrogens with zero attached hydrogens (tertiary/aromatic N) is 4. The molecule has 0 aromatic carbocycles. The van der Waals surface area contributed by atoms with Gasteiger partial charge in [-0.15, -0.1) is 0 Å². The summed E-state index contributed by atoms with van der Waals surface area (Å²) < 4.78 is 8.13. The maximum absolute atomic E-state index is 6.10. The zero-order valence-electron chi connectivity index (χ0n) is 16.0. The number of ether oxygens (including phenoxy) is 1. The number of guanidine groups is 1. The van der Waals surface area contributed by atoms with Crippen molar-refractivity contribution in [2.75, 3.05) is 20.1 Å². The lowest BCUT2D eigenvalue weighted by molar-refractivity contribution is 0.0767. The minimum absolute atomic E-state index is 0.495. The van der Waals surface area contributed by atoms with Gasteiger partial charge in [-0.1, -0.05) is 13.8 Å². The van der Waals surface area contributed by atoms with Crippen LogP contribution >= 0.6 is 0 Å². The number of rotatable bonds is 4. The molecule has 1 aromatic heterocycles. The first kappa shape index (κ1) is 16.9. The predicted molar refractivity (Wildman–Crippen MR) is 98.6 cm³/mol. The highest BCUT2D eigenvalue weighted by molar-refractivity contribution is 5.80. The summed E-state index contributed by atoms with van der Waals surface area (Å²) in [6, 6.07) is 0. The van der Waals surface area contributed by atoms with Crippen molar-refractivity contribution in [1.82, 2.24) is 20.0 Å². The molecular formula is C19H31N5O. The maximum Gasteiger partial charge on any atom is 0.193 e. The van der Waals surface area contributed by atoms with Crippen LogP contribution in [0, 0.1) is 11.8 Å². The van der Waals surface area contributed by atoms with Crippen molar-refractivity contribution < 1.29 is 4.74 Å². The van der Waals surface area contributed by atoms with Gasteiger partial charge in [0, 0.05) is 56.8 Å². The van der Waals surface area contributed by atoms with Gasteiger partial charge in [0.15, 0.2) is 5.96 Å². The van der Waals surface area contributed by atoms with E-state index in [1.807, 2.05) is 18.8 Å². The Morgan fingerprint density at radius 1 is 1.20 bits per heavy atom. The fourth-order valence-electron chi connectivity index (χ4n) is 5.23. The van der Waals surface area contributed by atoms with Crippen molar-refractivity contribution in [2.24, 2.45) is 23.9 Å². The molecule has 4 atom stereocenters. The summed E-state index contributed by atoms with van der Waals surface area (Å²) in [5.74, 6) is 2.43. The molecule has 138 valence electrons. The monoisotopic (exact) mass is 345 g/mol. The van der Waals surface area contributed by atoms with Gasteiger partial charge in [0.25, 0.3) is 0 Å². The van der Waals surface area contributed by atoms with Crippen molar-refractivity contribution in [1.29, 1.82) is 0 Å². The normalized spacial score (nSPS) is 31.0. The van der Waals surface area contributed by atoms with E-state index in [1.54, 1.807) is 0 Å². The number of nitrogens with one attached hydrogen (secondary N) is 1. The number of aliphatic imine (C=N–C) groups is 1. The Bertz CT molecular complexity index is 649. The van der Waals surface area contributed by atoms with Crippen molar-refractivity contribution in [3.05, 3.63) is 17.0 Å². The van der Waals surface area contributed by atoms with Crippen LogP contribution in [0.5, 0.6) is 0 Å². The van der Waals surface area contributed by atoms with Gasteiger partial charge in [-0.3, -0.25) is 9.67 Å². The molecule has 0 radical (unpaired) electrons. The lowest BCUT2D eigenvalue weighted by Gasteiger charge is -2.23.